The first-order valence-corrected chi connectivity index (χ1v) is 13.3. The Hall–Kier alpha value is -4.24. The summed E-state index contributed by atoms with van der Waals surface area (Å²) < 4.78 is 25.2. The fraction of sp³-hybridized carbons (Fsp3) is 0.323. The molecule has 3 aromatic carbocycles. The minimum atomic E-state index is -1.06. The number of carbonyl (C=O) groups excluding carboxylic acids is 3. The highest BCUT2D eigenvalue weighted by Crippen LogP contribution is 2.39. The van der Waals surface area contributed by atoms with Gasteiger partial charge in [0.25, 0.3) is 11.8 Å². The topological polar surface area (TPSA) is 88.2 Å². The Balaban J connectivity index is 1.38. The molecule has 3 amide bonds. The summed E-state index contributed by atoms with van der Waals surface area (Å²) in [5.74, 6) is -0.801. The predicted molar refractivity (Wildman–Crippen MR) is 146 cm³/mol. The molecule has 3 aromatic rings. The fourth-order valence-corrected chi connectivity index (χ4v) is 5.44. The van der Waals surface area contributed by atoms with E-state index in [4.69, 9.17) is 9.47 Å². The molecule has 5 rings (SSSR count). The number of amides is 3. The van der Waals surface area contributed by atoms with Crippen molar-refractivity contribution in [3.63, 3.8) is 0 Å². The van der Waals surface area contributed by atoms with Crippen molar-refractivity contribution in [1.29, 1.82) is 0 Å². The van der Waals surface area contributed by atoms with Crippen LogP contribution in [0.15, 0.2) is 78.9 Å². The molecular formula is C31H32FN3O5. The van der Waals surface area contributed by atoms with Gasteiger partial charge >= 0.3 is 0 Å². The van der Waals surface area contributed by atoms with Crippen molar-refractivity contribution in [2.24, 2.45) is 0 Å². The van der Waals surface area contributed by atoms with Gasteiger partial charge in [-0.05, 0) is 55.0 Å². The molecule has 208 valence electrons. The number of hydrogen-bond acceptors (Lipinski definition) is 5. The highest BCUT2D eigenvalue weighted by molar-refractivity contribution is 5.99. The first kappa shape index (κ1) is 27.3. The summed E-state index contributed by atoms with van der Waals surface area (Å²) >= 11 is 0. The van der Waals surface area contributed by atoms with E-state index >= 15 is 0 Å². The molecule has 2 saturated heterocycles. The molecule has 1 spiro atoms. The highest BCUT2D eigenvalue weighted by Gasteiger charge is 2.54. The van der Waals surface area contributed by atoms with E-state index < -0.39 is 17.6 Å². The third-order valence-electron chi connectivity index (χ3n) is 7.68. The van der Waals surface area contributed by atoms with Gasteiger partial charge in [0.1, 0.15) is 23.3 Å². The number of piperidine rings is 1. The molecule has 0 radical (unpaired) electrons. The van der Waals surface area contributed by atoms with Crippen molar-refractivity contribution >= 4 is 17.7 Å². The zero-order valence-corrected chi connectivity index (χ0v) is 22.5. The van der Waals surface area contributed by atoms with Crippen LogP contribution in [0.2, 0.25) is 0 Å². The van der Waals surface area contributed by atoms with Crippen LogP contribution >= 0.6 is 0 Å². The summed E-state index contributed by atoms with van der Waals surface area (Å²) in [4.78, 5) is 43.8. The molecule has 8 nitrogen and oxygen atoms in total. The van der Waals surface area contributed by atoms with E-state index in [1.165, 1.54) is 18.2 Å². The quantitative estimate of drug-likeness (QED) is 0.502. The van der Waals surface area contributed by atoms with E-state index in [1.54, 1.807) is 47.2 Å². The zero-order chi connectivity index (χ0) is 28.3. The first-order valence-electron chi connectivity index (χ1n) is 13.3. The third-order valence-corrected chi connectivity index (χ3v) is 7.68. The molecule has 0 saturated carbocycles. The Morgan fingerprint density at radius 2 is 1.65 bits per heavy atom. The maximum absolute atomic E-state index is 14.0. The van der Waals surface area contributed by atoms with E-state index in [1.807, 2.05) is 37.3 Å². The average molecular weight is 546 g/mol. The molecule has 2 atom stereocenters. The maximum Gasteiger partial charge on any atom is 0.256 e. The molecule has 0 aliphatic carbocycles. The van der Waals surface area contributed by atoms with Crippen molar-refractivity contribution in [1.82, 2.24) is 15.1 Å². The first-order chi connectivity index (χ1) is 19.3. The summed E-state index contributed by atoms with van der Waals surface area (Å²) in [6, 6.07) is 20.8. The largest absolute Gasteiger partial charge is 0.497 e. The maximum atomic E-state index is 14.0. The number of likely N-dealkylation sites (tertiary alicyclic amines) is 1. The van der Waals surface area contributed by atoms with Gasteiger partial charge < -0.3 is 19.7 Å². The molecule has 9 heteroatoms. The van der Waals surface area contributed by atoms with Gasteiger partial charge in [-0.15, -0.1) is 0 Å². The van der Waals surface area contributed by atoms with Gasteiger partial charge in [0.2, 0.25) is 5.91 Å². The lowest BCUT2D eigenvalue weighted by Crippen LogP contribution is -2.60. The molecular weight excluding hydrogens is 513 g/mol. The average Bonchev–Trinajstić information content (AvgIpc) is 3.35. The normalized spacial score (nSPS) is 18.8. The van der Waals surface area contributed by atoms with Crippen molar-refractivity contribution in [2.75, 3.05) is 26.8 Å². The van der Waals surface area contributed by atoms with E-state index in [-0.39, 0.29) is 49.0 Å². The van der Waals surface area contributed by atoms with Crippen LogP contribution in [0.4, 0.5) is 4.39 Å². The molecule has 2 aliphatic rings. The van der Waals surface area contributed by atoms with Gasteiger partial charge in [-0.2, -0.15) is 0 Å². The molecule has 40 heavy (non-hydrogen) atoms. The van der Waals surface area contributed by atoms with Crippen LogP contribution < -0.4 is 10.1 Å². The number of nitrogens with zero attached hydrogens (tertiary/aromatic N) is 2. The molecule has 0 bridgehead atoms. The Morgan fingerprint density at radius 1 is 0.950 bits per heavy atom. The summed E-state index contributed by atoms with van der Waals surface area (Å²) in [5, 5.41) is 3.04. The van der Waals surface area contributed by atoms with Crippen molar-refractivity contribution < 1.29 is 28.2 Å². The van der Waals surface area contributed by atoms with E-state index in [9.17, 15) is 18.8 Å². The van der Waals surface area contributed by atoms with Crippen LogP contribution in [0.25, 0.3) is 0 Å². The fourth-order valence-electron chi connectivity index (χ4n) is 5.44. The monoisotopic (exact) mass is 545 g/mol. The number of methoxy groups -OCH3 is 1. The van der Waals surface area contributed by atoms with E-state index in [0.29, 0.717) is 24.2 Å². The van der Waals surface area contributed by atoms with Gasteiger partial charge in [0.15, 0.2) is 0 Å². The standard InChI is InChI=1S/C31H32FN3O5/c1-21(22-7-4-3-5-8-22)33-28(36)27-20-40-31(35(27)30(38)23-11-13-26(39-2)14-12-23)15-17-34(18-16-31)29(37)24-9-6-10-25(32)19-24/h3-14,19,21,27H,15-18,20H2,1-2H3,(H,33,36). The molecule has 2 aliphatic heterocycles. The SMILES string of the molecule is COc1ccc(C(=O)N2C(C(=O)NC(C)c3ccccc3)COC23CCN(C(=O)c2cccc(F)c2)CC3)cc1. The Bertz CT molecular complexity index is 1370. The smallest absolute Gasteiger partial charge is 0.256 e. The summed E-state index contributed by atoms with van der Waals surface area (Å²) in [6.45, 7) is 2.50. The van der Waals surface area contributed by atoms with Crippen LogP contribution in [-0.2, 0) is 9.53 Å². The van der Waals surface area contributed by atoms with E-state index in [2.05, 4.69) is 5.32 Å². The van der Waals surface area contributed by atoms with Gasteiger partial charge in [0, 0.05) is 37.1 Å². The van der Waals surface area contributed by atoms with Crippen LogP contribution in [0.5, 0.6) is 5.75 Å². The number of benzene rings is 3. The van der Waals surface area contributed by atoms with Gasteiger partial charge in [0.05, 0.1) is 19.8 Å². The third kappa shape index (κ3) is 5.42. The van der Waals surface area contributed by atoms with Crippen LogP contribution in [0, 0.1) is 5.82 Å². The Labute approximate surface area is 232 Å². The lowest BCUT2D eigenvalue weighted by atomic mass is 9.96. The highest BCUT2D eigenvalue weighted by atomic mass is 19.1. The molecule has 0 aromatic heterocycles. The van der Waals surface area contributed by atoms with Crippen LogP contribution in [-0.4, -0.2) is 66.1 Å². The summed E-state index contributed by atoms with van der Waals surface area (Å²) in [7, 11) is 1.55. The number of rotatable bonds is 6. The molecule has 2 heterocycles. The predicted octanol–water partition coefficient (Wildman–Crippen LogP) is 4.19. The number of nitrogens with one attached hydrogen (secondary N) is 1. The summed E-state index contributed by atoms with van der Waals surface area (Å²) in [5.41, 5.74) is 0.550. The Morgan fingerprint density at radius 3 is 2.30 bits per heavy atom. The minimum Gasteiger partial charge on any atom is -0.497 e. The second kappa shape index (κ2) is 11.5. The Kier molecular flexibility index (Phi) is 7.84. The van der Waals surface area contributed by atoms with Crippen LogP contribution in [0.3, 0.4) is 0 Å². The minimum absolute atomic E-state index is 0.0348. The van der Waals surface area contributed by atoms with Crippen LogP contribution in [0.1, 0.15) is 52.1 Å². The van der Waals surface area contributed by atoms with Crippen molar-refractivity contribution in [3.05, 3.63) is 101 Å². The summed E-state index contributed by atoms with van der Waals surface area (Å²) in [6.07, 6.45) is 0.627. The second-order valence-corrected chi connectivity index (χ2v) is 10.1. The molecule has 2 fully saturated rings. The molecule has 2 unspecified atom stereocenters. The lowest BCUT2D eigenvalue weighted by Gasteiger charge is -2.44. The molecule has 1 N–H and O–H groups in total. The van der Waals surface area contributed by atoms with E-state index in [0.717, 1.165) is 5.56 Å². The zero-order valence-electron chi connectivity index (χ0n) is 22.5. The van der Waals surface area contributed by atoms with Gasteiger partial charge in [-0.3, -0.25) is 19.3 Å². The number of ether oxygens (including phenoxy) is 2. The van der Waals surface area contributed by atoms with Crippen molar-refractivity contribution in [3.8, 4) is 5.75 Å². The second-order valence-electron chi connectivity index (χ2n) is 10.1. The van der Waals surface area contributed by atoms with Gasteiger partial charge in [-0.25, -0.2) is 4.39 Å². The number of halogens is 1. The number of hydrogen-bond donors (Lipinski definition) is 1. The van der Waals surface area contributed by atoms with Gasteiger partial charge in [-0.1, -0.05) is 36.4 Å². The van der Waals surface area contributed by atoms with Crippen molar-refractivity contribution in [2.45, 2.75) is 37.6 Å². The lowest BCUT2D eigenvalue weighted by molar-refractivity contribution is -0.128. The number of carbonyl (C=O) groups is 3.